The highest BCUT2D eigenvalue weighted by Crippen LogP contribution is 2.43. The average Bonchev–Trinajstić information content (AvgIpc) is 2.76. The fourth-order valence-corrected chi connectivity index (χ4v) is 4.27. The minimum atomic E-state index is -2.66. The number of aryl methyl sites for hydroxylation is 1. The topological polar surface area (TPSA) is 131 Å². The van der Waals surface area contributed by atoms with Gasteiger partial charge in [0, 0.05) is 17.5 Å². The summed E-state index contributed by atoms with van der Waals surface area (Å²) in [7, 11) is 0. The van der Waals surface area contributed by atoms with Gasteiger partial charge in [0.05, 0.1) is 12.7 Å². The lowest BCUT2D eigenvalue weighted by atomic mass is 9.77. The van der Waals surface area contributed by atoms with Crippen molar-refractivity contribution < 1.29 is 39.8 Å². The zero-order valence-corrected chi connectivity index (χ0v) is 18.4. The number of halogens is 1. The molecule has 0 spiro atoms. The van der Waals surface area contributed by atoms with Crippen LogP contribution in [0.2, 0.25) is 0 Å². The molecule has 6 atom stereocenters. The molecule has 0 aliphatic carbocycles. The number of ether oxygens (including phenoxy) is 1. The minimum Gasteiger partial charge on any atom is -0.392 e. The Morgan fingerprint density at radius 1 is 1.03 bits per heavy atom. The molecule has 176 valence electrons. The Bertz CT molecular complexity index is 944. The molecule has 1 saturated heterocycles. The Hall–Kier alpha value is -1.91. The molecule has 1 heterocycles. The van der Waals surface area contributed by atoms with Gasteiger partial charge in [-0.2, -0.15) is 0 Å². The van der Waals surface area contributed by atoms with Crippen molar-refractivity contribution in [2.24, 2.45) is 0 Å². The van der Waals surface area contributed by atoms with Gasteiger partial charge < -0.3 is 35.4 Å². The molecule has 0 unspecified atom stereocenters. The monoisotopic (exact) mass is 450 g/mol. The van der Waals surface area contributed by atoms with E-state index >= 15 is 4.39 Å². The number of benzene rings is 2. The second-order valence-corrected chi connectivity index (χ2v) is 8.70. The number of hydrogen-bond donors (Lipinski definition) is 6. The zero-order chi connectivity index (χ0) is 23.8. The molecule has 2 aromatic carbocycles. The van der Waals surface area contributed by atoms with Crippen LogP contribution in [0.5, 0.6) is 0 Å². The number of hydrogen-bond acceptors (Lipinski definition) is 7. The van der Waals surface area contributed by atoms with E-state index in [0.29, 0.717) is 0 Å². The molecule has 0 saturated carbocycles. The summed E-state index contributed by atoms with van der Waals surface area (Å²) >= 11 is 0. The summed E-state index contributed by atoms with van der Waals surface area (Å²) in [6, 6.07) is 9.86. The molecule has 0 radical (unpaired) electrons. The maximum atomic E-state index is 15.2. The van der Waals surface area contributed by atoms with Crippen LogP contribution in [0.1, 0.15) is 48.6 Å². The van der Waals surface area contributed by atoms with Gasteiger partial charge in [-0.05, 0) is 49.1 Å². The van der Waals surface area contributed by atoms with Gasteiger partial charge >= 0.3 is 0 Å². The molecule has 3 rings (SSSR count). The fraction of sp³-hybridized carbons (Fsp3) is 0.500. The fourth-order valence-electron chi connectivity index (χ4n) is 4.27. The summed E-state index contributed by atoms with van der Waals surface area (Å²) in [5, 5.41) is 63.0. The molecular weight excluding hydrogens is 419 g/mol. The maximum Gasteiger partial charge on any atom is 0.222 e. The molecule has 0 aromatic heterocycles. The third-order valence-corrected chi connectivity index (χ3v) is 6.26. The van der Waals surface area contributed by atoms with Crippen molar-refractivity contribution in [3.05, 3.63) is 70.0 Å². The first-order chi connectivity index (χ1) is 14.9. The highest BCUT2D eigenvalue weighted by atomic mass is 19.1. The third kappa shape index (κ3) is 4.32. The molecule has 6 N–H and O–H groups in total. The van der Waals surface area contributed by atoms with Crippen LogP contribution in [-0.4, -0.2) is 60.7 Å². The molecule has 0 bridgehead atoms. The quantitative estimate of drug-likeness (QED) is 0.385. The van der Waals surface area contributed by atoms with E-state index in [0.717, 1.165) is 23.6 Å². The van der Waals surface area contributed by atoms with E-state index in [9.17, 15) is 30.6 Å². The van der Waals surface area contributed by atoms with E-state index in [-0.39, 0.29) is 23.1 Å². The number of aliphatic hydroxyl groups excluding tert-OH is 4. The average molecular weight is 451 g/mol. The Kier molecular flexibility index (Phi) is 7.07. The standard InChI is InChI=1S/C24H31FO7/c1-4-14-5-7-15(8-6-14)9-17-18(10-16(12-26)11-19(17)25)24(31)21(29)20(28)23(3,30)22(32-24)13(2)27/h5-8,10-11,13,20-22,26-31H,4,9,12H2,1-3H3/t13-,20+,21+,22+,23-,24+/m0/s1. The van der Waals surface area contributed by atoms with Crippen LogP contribution in [-0.2, 0) is 30.0 Å². The van der Waals surface area contributed by atoms with Gasteiger partial charge in [0.1, 0.15) is 29.7 Å². The van der Waals surface area contributed by atoms with Crippen LogP contribution in [0.15, 0.2) is 36.4 Å². The first-order valence-electron chi connectivity index (χ1n) is 10.6. The van der Waals surface area contributed by atoms with Gasteiger partial charge in [0.25, 0.3) is 0 Å². The number of aliphatic hydroxyl groups is 6. The van der Waals surface area contributed by atoms with Crippen LogP contribution in [0.25, 0.3) is 0 Å². The Morgan fingerprint density at radius 2 is 1.62 bits per heavy atom. The Balaban J connectivity index is 2.14. The first kappa shape index (κ1) is 24.7. The summed E-state index contributed by atoms with van der Waals surface area (Å²) in [5.41, 5.74) is -0.358. The van der Waals surface area contributed by atoms with Crippen molar-refractivity contribution in [3.63, 3.8) is 0 Å². The molecule has 1 aliphatic heterocycles. The summed E-state index contributed by atoms with van der Waals surface area (Å²) in [6.07, 6.45) is -5.96. The predicted molar refractivity (Wildman–Crippen MR) is 114 cm³/mol. The van der Waals surface area contributed by atoms with Crippen molar-refractivity contribution in [2.75, 3.05) is 0 Å². The van der Waals surface area contributed by atoms with E-state index in [2.05, 4.69) is 0 Å². The largest absolute Gasteiger partial charge is 0.392 e. The zero-order valence-electron chi connectivity index (χ0n) is 18.4. The van der Waals surface area contributed by atoms with Gasteiger partial charge in [-0.15, -0.1) is 0 Å². The maximum absolute atomic E-state index is 15.2. The van der Waals surface area contributed by atoms with Crippen molar-refractivity contribution in [1.29, 1.82) is 0 Å². The minimum absolute atomic E-state index is 0.00826. The predicted octanol–water partition coefficient (Wildman–Crippen LogP) is 0.869. The van der Waals surface area contributed by atoms with Crippen LogP contribution < -0.4 is 0 Å². The van der Waals surface area contributed by atoms with Crippen molar-refractivity contribution in [1.82, 2.24) is 0 Å². The molecule has 0 amide bonds. The van der Waals surface area contributed by atoms with Gasteiger partial charge in [-0.3, -0.25) is 0 Å². The summed E-state index contributed by atoms with van der Waals surface area (Å²) < 4.78 is 20.8. The van der Waals surface area contributed by atoms with E-state index in [1.807, 2.05) is 31.2 Å². The van der Waals surface area contributed by atoms with Crippen molar-refractivity contribution in [3.8, 4) is 0 Å². The van der Waals surface area contributed by atoms with Crippen molar-refractivity contribution >= 4 is 0 Å². The van der Waals surface area contributed by atoms with E-state index in [4.69, 9.17) is 4.74 Å². The number of rotatable bonds is 6. The molecule has 8 heteroatoms. The van der Waals surface area contributed by atoms with Gasteiger partial charge in [-0.25, -0.2) is 4.39 Å². The lowest BCUT2D eigenvalue weighted by molar-refractivity contribution is -0.385. The van der Waals surface area contributed by atoms with Gasteiger partial charge in [0.2, 0.25) is 5.79 Å². The normalized spacial score (nSPS) is 31.5. The molecule has 2 aromatic rings. The summed E-state index contributed by atoms with van der Waals surface area (Å²) in [6.45, 7) is 3.93. The molecule has 1 fully saturated rings. The van der Waals surface area contributed by atoms with E-state index in [1.165, 1.54) is 19.9 Å². The third-order valence-electron chi connectivity index (χ3n) is 6.26. The molecule has 7 nitrogen and oxygen atoms in total. The van der Waals surface area contributed by atoms with E-state index < -0.39 is 48.2 Å². The SMILES string of the molecule is CCc1ccc(Cc2c(F)cc(CO)cc2[C@@]2(O)O[C@H]([C@H](C)O)[C@@](C)(O)[C@H](O)[C@H]2O)cc1. The lowest BCUT2D eigenvalue weighted by Crippen LogP contribution is -2.70. The summed E-state index contributed by atoms with van der Waals surface area (Å²) in [4.78, 5) is 0. The first-order valence-corrected chi connectivity index (χ1v) is 10.6. The second kappa shape index (κ2) is 9.15. The van der Waals surface area contributed by atoms with Crippen molar-refractivity contribution in [2.45, 2.75) is 76.0 Å². The Morgan fingerprint density at radius 3 is 2.16 bits per heavy atom. The Labute approximate surface area is 186 Å². The highest BCUT2D eigenvalue weighted by molar-refractivity contribution is 5.41. The van der Waals surface area contributed by atoms with Crippen LogP contribution in [0, 0.1) is 5.82 Å². The van der Waals surface area contributed by atoms with Gasteiger partial charge in [0.15, 0.2) is 0 Å². The van der Waals surface area contributed by atoms with Crippen LogP contribution >= 0.6 is 0 Å². The lowest BCUT2D eigenvalue weighted by Gasteiger charge is -2.52. The molecular formula is C24H31FO7. The van der Waals surface area contributed by atoms with Crippen LogP contribution in [0.4, 0.5) is 4.39 Å². The second-order valence-electron chi connectivity index (χ2n) is 8.70. The van der Waals surface area contributed by atoms with Gasteiger partial charge in [-0.1, -0.05) is 31.2 Å². The summed E-state index contributed by atoms with van der Waals surface area (Å²) in [5.74, 6) is -3.40. The highest BCUT2D eigenvalue weighted by Gasteiger charge is 2.60. The van der Waals surface area contributed by atoms with Crippen LogP contribution in [0.3, 0.4) is 0 Å². The smallest absolute Gasteiger partial charge is 0.222 e. The molecule has 1 aliphatic rings. The van der Waals surface area contributed by atoms with E-state index in [1.54, 1.807) is 0 Å². The molecule has 32 heavy (non-hydrogen) atoms.